The van der Waals surface area contributed by atoms with E-state index in [1.807, 2.05) is 12.1 Å². The van der Waals surface area contributed by atoms with Crippen LogP contribution in [0.2, 0.25) is 0 Å². The number of benzene rings is 6. The van der Waals surface area contributed by atoms with Gasteiger partial charge in [-0.1, -0.05) is 110 Å². The Labute approximate surface area is 326 Å². The van der Waals surface area contributed by atoms with Crippen LogP contribution in [0, 0.1) is 5.92 Å². The second kappa shape index (κ2) is 12.2. The molecule has 12 rings (SSSR count). The molecule has 6 aromatic carbocycles. The molecule has 0 spiro atoms. The highest BCUT2D eigenvalue weighted by Gasteiger charge is 2.29. The van der Waals surface area contributed by atoms with Crippen molar-refractivity contribution in [1.29, 1.82) is 0 Å². The summed E-state index contributed by atoms with van der Waals surface area (Å²) in [5.74, 6) is 4.47. The molecule has 0 N–H and O–H groups in total. The predicted octanol–water partition coefficient (Wildman–Crippen LogP) is 13.5. The van der Waals surface area contributed by atoms with Crippen LogP contribution in [0.3, 0.4) is 0 Å². The van der Waals surface area contributed by atoms with E-state index in [0.717, 1.165) is 91.3 Å². The largest absolute Gasteiger partial charge is 0.465 e. The molecule has 5 nitrogen and oxygen atoms in total. The number of hydrogen-bond acceptors (Lipinski definition) is 6. The number of aromatic nitrogens is 3. The molecular weight excluding hydrogens is 707 g/mol. The fourth-order valence-electron chi connectivity index (χ4n) is 8.90. The van der Waals surface area contributed by atoms with Crippen LogP contribution in [-0.2, 0) is 12.8 Å². The van der Waals surface area contributed by atoms with Crippen LogP contribution in [0.4, 0.5) is 0 Å². The first-order valence-electron chi connectivity index (χ1n) is 19.3. The predicted molar refractivity (Wildman–Crippen MR) is 230 cm³/mol. The molecule has 0 radical (unpaired) electrons. The van der Waals surface area contributed by atoms with Gasteiger partial charge in [0, 0.05) is 71.6 Å². The van der Waals surface area contributed by atoms with Gasteiger partial charge >= 0.3 is 0 Å². The Kier molecular flexibility index (Phi) is 6.90. The Bertz CT molecular complexity index is 3320. The average Bonchev–Trinajstić information content (AvgIpc) is 3.94. The normalized spacial score (nSPS) is 15.2. The fourth-order valence-corrected chi connectivity index (χ4v) is 10.0. The summed E-state index contributed by atoms with van der Waals surface area (Å²) in [6, 6.07) is 42.6. The minimum Gasteiger partial charge on any atom is -0.465 e. The number of furan rings is 2. The molecule has 1 unspecified atom stereocenters. The topological polar surface area (TPSA) is 65.0 Å². The van der Waals surface area contributed by atoms with E-state index in [9.17, 15) is 0 Å². The van der Waals surface area contributed by atoms with Crippen LogP contribution < -0.4 is 0 Å². The van der Waals surface area contributed by atoms with Gasteiger partial charge in [-0.05, 0) is 70.6 Å². The Morgan fingerprint density at radius 1 is 0.607 bits per heavy atom. The molecule has 0 amide bonds. The first-order valence-corrected chi connectivity index (χ1v) is 20.1. The monoisotopic (exact) mass is 739 g/mol. The van der Waals surface area contributed by atoms with Gasteiger partial charge in [-0.25, -0.2) is 15.0 Å². The molecule has 4 heterocycles. The van der Waals surface area contributed by atoms with Gasteiger partial charge in [0.15, 0.2) is 17.5 Å². The van der Waals surface area contributed by atoms with Crippen molar-refractivity contribution in [2.24, 2.45) is 5.92 Å². The minimum absolute atomic E-state index is 0.453. The highest BCUT2D eigenvalue weighted by atomic mass is 32.1. The number of hydrogen-bond donors (Lipinski definition) is 0. The Hall–Kier alpha value is -6.63. The van der Waals surface area contributed by atoms with Gasteiger partial charge in [0.25, 0.3) is 0 Å². The third-order valence-electron chi connectivity index (χ3n) is 11.5. The van der Waals surface area contributed by atoms with Crippen LogP contribution in [0.25, 0.3) is 98.7 Å². The number of nitrogens with zero attached hydrogens (tertiary/aromatic N) is 3. The number of aryl methyl sites for hydroxylation is 1. The third-order valence-corrected chi connectivity index (χ3v) is 12.6. The van der Waals surface area contributed by atoms with Crippen LogP contribution in [0.1, 0.15) is 41.6 Å². The maximum absolute atomic E-state index is 6.68. The summed E-state index contributed by atoms with van der Waals surface area (Å²) in [5, 5.41) is 6.69. The van der Waals surface area contributed by atoms with Crippen molar-refractivity contribution in [3.05, 3.63) is 162 Å². The molecule has 2 aliphatic rings. The summed E-state index contributed by atoms with van der Waals surface area (Å²) in [6.07, 6.45) is 9.63. The first-order chi connectivity index (χ1) is 27.6. The lowest BCUT2D eigenvalue weighted by Gasteiger charge is -2.17. The van der Waals surface area contributed by atoms with E-state index in [4.69, 9.17) is 23.8 Å². The number of para-hydroxylation sites is 1. The van der Waals surface area contributed by atoms with Gasteiger partial charge in [-0.3, -0.25) is 0 Å². The maximum atomic E-state index is 6.68. The number of thiophene rings is 1. The van der Waals surface area contributed by atoms with Gasteiger partial charge in [0.1, 0.15) is 22.7 Å². The zero-order valence-corrected chi connectivity index (χ0v) is 31.4. The molecule has 6 heteroatoms. The molecular formula is C50H33N3O2S. The van der Waals surface area contributed by atoms with Gasteiger partial charge in [-0.15, -0.1) is 11.3 Å². The smallest absolute Gasteiger partial charge is 0.164 e. The van der Waals surface area contributed by atoms with E-state index < -0.39 is 0 Å². The minimum atomic E-state index is 0.453. The van der Waals surface area contributed by atoms with E-state index in [1.54, 1.807) is 11.3 Å². The van der Waals surface area contributed by atoms with Crippen LogP contribution in [0.5, 0.6) is 0 Å². The van der Waals surface area contributed by atoms with Gasteiger partial charge < -0.3 is 8.83 Å². The van der Waals surface area contributed by atoms with Crippen molar-refractivity contribution >= 4 is 75.9 Å². The van der Waals surface area contributed by atoms with E-state index in [-0.39, 0.29) is 0 Å². The second-order valence-electron chi connectivity index (χ2n) is 15.1. The van der Waals surface area contributed by atoms with Crippen molar-refractivity contribution in [1.82, 2.24) is 15.0 Å². The fraction of sp³-hybridized carbons (Fsp3) is 0.100. The summed E-state index contributed by atoms with van der Waals surface area (Å²) in [4.78, 5) is 16.1. The quantitative estimate of drug-likeness (QED) is 0.180. The van der Waals surface area contributed by atoms with E-state index in [2.05, 4.69) is 134 Å². The van der Waals surface area contributed by atoms with Crippen LogP contribution >= 0.6 is 11.3 Å². The van der Waals surface area contributed by atoms with Crippen LogP contribution in [-0.4, -0.2) is 15.0 Å². The molecule has 2 aliphatic carbocycles. The first kappa shape index (κ1) is 31.7. The molecule has 0 fully saturated rings. The average molecular weight is 740 g/mol. The maximum Gasteiger partial charge on any atom is 0.164 e. The highest BCUT2D eigenvalue weighted by Crippen LogP contribution is 2.45. The van der Waals surface area contributed by atoms with Gasteiger partial charge in [-0.2, -0.15) is 0 Å². The summed E-state index contributed by atoms with van der Waals surface area (Å²) in [5.41, 5.74) is 9.08. The van der Waals surface area contributed by atoms with Crippen molar-refractivity contribution in [3.8, 4) is 34.2 Å². The molecule has 56 heavy (non-hydrogen) atoms. The zero-order valence-electron chi connectivity index (χ0n) is 30.5. The standard InChI is InChI=1S/C50H33N3O2S/c1-28-20-23-35-41(24-28)55-40-17-8-14-33(45(35)40)32-26-38(46-34-12-4-6-16-39(34)54-42(46)27-32)50-52-48(31-22-21-29-10-2-3-11-30(29)25-31)51-49(53-50)37-15-9-19-44-47(37)36-13-5-7-18-43(36)56-44/h2-7,9-16,18-23,25-28H,8,17,24H2,1H3. The van der Waals surface area contributed by atoms with Crippen molar-refractivity contribution in [2.75, 3.05) is 0 Å². The summed E-state index contributed by atoms with van der Waals surface area (Å²) in [7, 11) is 0. The number of fused-ring (bicyclic) bond motifs is 10. The molecule has 1 atom stereocenters. The molecule has 0 saturated heterocycles. The Balaban J connectivity index is 1.15. The molecule has 0 bridgehead atoms. The summed E-state index contributed by atoms with van der Waals surface area (Å²) < 4.78 is 15.7. The number of rotatable bonds is 4. The summed E-state index contributed by atoms with van der Waals surface area (Å²) >= 11 is 1.80. The second-order valence-corrected chi connectivity index (χ2v) is 16.2. The third kappa shape index (κ3) is 4.89. The lowest BCUT2D eigenvalue weighted by atomic mass is 9.85. The van der Waals surface area contributed by atoms with E-state index >= 15 is 0 Å². The molecule has 266 valence electrons. The van der Waals surface area contributed by atoms with Gasteiger partial charge in [0.2, 0.25) is 0 Å². The van der Waals surface area contributed by atoms with Crippen molar-refractivity contribution < 1.29 is 8.83 Å². The van der Waals surface area contributed by atoms with Crippen molar-refractivity contribution in [2.45, 2.75) is 26.2 Å². The Morgan fingerprint density at radius 3 is 2.32 bits per heavy atom. The molecule has 0 saturated carbocycles. The molecule has 4 aromatic heterocycles. The van der Waals surface area contributed by atoms with E-state index in [1.165, 1.54) is 31.3 Å². The summed E-state index contributed by atoms with van der Waals surface area (Å²) in [6.45, 7) is 2.25. The molecule has 0 aliphatic heterocycles. The van der Waals surface area contributed by atoms with Crippen molar-refractivity contribution in [3.63, 3.8) is 0 Å². The molecule has 10 aromatic rings. The van der Waals surface area contributed by atoms with Gasteiger partial charge in [0.05, 0.1) is 0 Å². The van der Waals surface area contributed by atoms with Crippen LogP contribution in [0.15, 0.2) is 142 Å². The Morgan fingerprint density at radius 2 is 1.39 bits per heavy atom. The highest BCUT2D eigenvalue weighted by molar-refractivity contribution is 7.25. The number of allylic oxidation sites excluding steroid dienone is 2. The lowest BCUT2D eigenvalue weighted by molar-refractivity contribution is 0.445. The zero-order chi connectivity index (χ0) is 36.9. The van der Waals surface area contributed by atoms with E-state index in [0.29, 0.717) is 23.4 Å². The lowest BCUT2D eigenvalue weighted by Crippen LogP contribution is -2.04. The SMILES string of the molecule is CC1C=Cc2c(oc3c2C(c2cc(-c4nc(-c5ccc6ccccc6c5)nc(-c5cccc6sc7ccccc7c56)n4)c4c(c2)oc2ccccc24)=CCC3)C1.